The average Bonchev–Trinajstić information content (AvgIpc) is 2.97. The van der Waals surface area contributed by atoms with Crippen LogP contribution in [-0.2, 0) is 9.53 Å². The molecule has 4 nitrogen and oxygen atoms in total. The van der Waals surface area contributed by atoms with E-state index >= 15 is 0 Å². The van der Waals surface area contributed by atoms with E-state index < -0.39 is 24.0 Å². The summed E-state index contributed by atoms with van der Waals surface area (Å²) in [6.07, 6.45) is -1.39. The van der Waals surface area contributed by atoms with Crippen LogP contribution in [0.25, 0.3) is 0 Å². The Bertz CT molecular complexity index is 404. The molecule has 1 unspecified atom stereocenters. The van der Waals surface area contributed by atoms with Crippen LogP contribution in [0.1, 0.15) is 11.7 Å². The fourth-order valence-electron chi connectivity index (χ4n) is 1.41. The lowest BCUT2D eigenvalue weighted by atomic mass is 10.1. The third kappa shape index (κ3) is 1.78. The van der Waals surface area contributed by atoms with Crippen LogP contribution >= 0.6 is 0 Å². The van der Waals surface area contributed by atoms with Crippen LogP contribution in [0.2, 0.25) is 0 Å². The molecule has 0 aromatic heterocycles. The van der Waals surface area contributed by atoms with Crippen LogP contribution in [0, 0.1) is 5.82 Å². The molecular weight excluding hydrogens is 203 g/mol. The number of hydrogen-bond acceptors (Lipinski definition) is 3. The van der Waals surface area contributed by atoms with Gasteiger partial charge in [-0.2, -0.15) is 0 Å². The summed E-state index contributed by atoms with van der Waals surface area (Å²) in [5.41, 5.74) is 0.515. The monoisotopic (exact) mass is 212 g/mol. The molecular formula is C10H9FO4. The molecule has 0 bridgehead atoms. The number of aliphatic carboxylic acids is 1. The number of carboxylic acid groups (broad SMARTS) is 1. The SMILES string of the molecule is COc1ccc(C2O[C@@H]2C(=O)O)cc1F. The molecule has 1 N–H and O–H groups in total. The number of benzene rings is 1. The van der Waals surface area contributed by atoms with E-state index in [1.807, 2.05) is 0 Å². The zero-order valence-electron chi connectivity index (χ0n) is 7.94. The maximum Gasteiger partial charge on any atom is 0.335 e. The predicted octanol–water partition coefficient (Wildman–Crippen LogP) is 1.36. The van der Waals surface area contributed by atoms with Gasteiger partial charge in [-0.25, -0.2) is 9.18 Å². The molecule has 1 fully saturated rings. The Labute approximate surface area is 85.2 Å². The molecule has 0 aliphatic carbocycles. The van der Waals surface area contributed by atoms with Gasteiger partial charge in [-0.15, -0.1) is 0 Å². The van der Waals surface area contributed by atoms with E-state index in [1.54, 1.807) is 6.07 Å². The van der Waals surface area contributed by atoms with Crippen LogP contribution in [0.5, 0.6) is 5.75 Å². The molecule has 1 aromatic rings. The van der Waals surface area contributed by atoms with Gasteiger partial charge in [0.2, 0.25) is 0 Å². The highest BCUT2D eigenvalue weighted by atomic mass is 19.1. The molecule has 15 heavy (non-hydrogen) atoms. The van der Waals surface area contributed by atoms with Gasteiger partial charge in [0.25, 0.3) is 0 Å². The number of epoxide rings is 1. The number of hydrogen-bond donors (Lipinski definition) is 1. The van der Waals surface area contributed by atoms with Crippen molar-refractivity contribution >= 4 is 5.97 Å². The van der Waals surface area contributed by atoms with Crippen molar-refractivity contribution in [3.8, 4) is 5.75 Å². The van der Waals surface area contributed by atoms with E-state index in [0.29, 0.717) is 5.56 Å². The molecule has 80 valence electrons. The van der Waals surface area contributed by atoms with Gasteiger partial charge in [0, 0.05) is 0 Å². The van der Waals surface area contributed by atoms with Crippen LogP contribution in [0.15, 0.2) is 18.2 Å². The molecule has 2 rings (SSSR count). The lowest BCUT2D eigenvalue weighted by Gasteiger charge is -2.02. The fourth-order valence-corrected chi connectivity index (χ4v) is 1.41. The standard InChI is InChI=1S/C10H9FO4/c1-14-7-3-2-5(4-6(7)11)8-9(15-8)10(12)13/h2-4,8-9H,1H3,(H,12,13)/t8?,9-/m0/s1. The highest BCUT2D eigenvalue weighted by Gasteiger charge is 2.46. The largest absolute Gasteiger partial charge is 0.494 e. The second-order valence-corrected chi connectivity index (χ2v) is 3.21. The van der Waals surface area contributed by atoms with Crippen LogP contribution in [0.4, 0.5) is 4.39 Å². The molecule has 1 aromatic carbocycles. The topological polar surface area (TPSA) is 59.1 Å². The third-order valence-corrected chi connectivity index (χ3v) is 2.24. The van der Waals surface area contributed by atoms with E-state index in [2.05, 4.69) is 0 Å². The molecule has 1 aliphatic rings. The minimum absolute atomic E-state index is 0.131. The van der Waals surface area contributed by atoms with Crippen LogP contribution in [0.3, 0.4) is 0 Å². The number of carboxylic acids is 1. The average molecular weight is 212 g/mol. The summed E-state index contributed by atoms with van der Waals surface area (Å²) in [4.78, 5) is 10.5. The normalized spacial score (nSPS) is 23.6. The Kier molecular flexibility index (Phi) is 2.32. The van der Waals surface area contributed by atoms with Gasteiger partial charge in [-0.3, -0.25) is 0 Å². The van der Waals surface area contributed by atoms with Gasteiger partial charge >= 0.3 is 5.97 Å². The maximum atomic E-state index is 13.2. The van der Waals surface area contributed by atoms with E-state index in [0.717, 1.165) is 0 Å². The number of ether oxygens (including phenoxy) is 2. The molecule has 0 saturated carbocycles. The summed E-state index contributed by atoms with van der Waals surface area (Å²) in [5.74, 6) is -1.42. The smallest absolute Gasteiger partial charge is 0.335 e. The van der Waals surface area contributed by atoms with Crippen molar-refractivity contribution < 1.29 is 23.8 Å². The van der Waals surface area contributed by atoms with Crippen molar-refractivity contribution in [2.75, 3.05) is 7.11 Å². The van der Waals surface area contributed by atoms with Crippen molar-refractivity contribution in [1.82, 2.24) is 0 Å². The van der Waals surface area contributed by atoms with E-state index in [9.17, 15) is 9.18 Å². The van der Waals surface area contributed by atoms with Gasteiger partial charge < -0.3 is 14.6 Å². The fraction of sp³-hybridized carbons (Fsp3) is 0.300. The van der Waals surface area contributed by atoms with Crippen molar-refractivity contribution in [2.45, 2.75) is 12.2 Å². The highest BCUT2D eigenvalue weighted by Crippen LogP contribution is 2.39. The Balaban J connectivity index is 2.18. The van der Waals surface area contributed by atoms with Gasteiger partial charge in [-0.1, -0.05) is 6.07 Å². The second-order valence-electron chi connectivity index (χ2n) is 3.21. The highest BCUT2D eigenvalue weighted by molar-refractivity contribution is 5.76. The van der Waals surface area contributed by atoms with Gasteiger partial charge in [0.1, 0.15) is 6.10 Å². The lowest BCUT2D eigenvalue weighted by molar-refractivity contribution is -0.138. The number of halogens is 1. The number of carbonyl (C=O) groups is 1. The lowest BCUT2D eigenvalue weighted by Crippen LogP contribution is -2.05. The summed E-state index contributed by atoms with van der Waals surface area (Å²) in [6.45, 7) is 0. The molecule has 0 radical (unpaired) electrons. The first kappa shape index (κ1) is 9.92. The maximum absolute atomic E-state index is 13.2. The molecule has 1 aliphatic heterocycles. The predicted molar refractivity (Wildman–Crippen MR) is 48.2 cm³/mol. The summed E-state index contributed by atoms with van der Waals surface area (Å²) in [5, 5.41) is 8.61. The van der Waals surface area contributed by atoms with Crippen molar-refractivity contribution in [3.63, 3.8) is 0 Å². The molecule has 0 spiro atoms. The zero-order chi connectivity index (χ0) is 11.0. The van der Waals surface area contributed by atoms with E-state index in [-0.39, 0.29) is 5.75 Å². The van der Waals surface area contributed by atoms with Crippen molar-refractivity contribution in [3.05, 3.63) is 29.6 Å². The zero-order valence-corrected chi connectivity index (χ0v) is 7.94. The Morgan fingerprint density at radius 1 is 1.60 bits per heavy atom. The number of rotatable bonds is 3. The Morgan fingerprint density at radius 2 is 2.33 bits per heavy atom. The van der Waals surface area contributed by atoms with Crippen molar-refractivity contribution in [2.24, 2.45) is 0 Å². The number of methoxy groups -OCH3 is 1. The Morgan fingerprint density at radius 3 is 2.80 bits per heavy atom. The molecule has 2 atom stereocenters. The summed E-state index contributed by atoms with van der Waals surface area (Å²) >= 11 is 0. The summed E-state index contributed by atoms with van der Waals surface area (Å²) in [6, 6.07) is 4.27. The van der Waals surface area contributed by atoms with Crippen LogP contribution < -0.4 is 4.74 Å². The first-order valence-electron chi connectivity index (χ1n) is 4.35. The summed E-state index contributed by atoms with van der Waals surface area (Å²) < 4.78 is 22.9. The minimum atomic E-state index is -1.03. The molecule has 1 saturated heterocycles. The second kappa shape index (κ2) is 3.51. The van der Waals surface area contributed by atoms with Crippen LogP contribution in [-0.4, -0.2) is 24.3 Å². The Hall–Kier alpha value is -1.62. The molecule has 0 amide bonds. The van der Waals surface area contributed by atoms with Crippen molar-refractivity contribution in [1.29, 1.82) is 0 Å². The quantitative estimate of drug-likeness (QED) is 0.768. The molecule has 5 heteroatoms. The first-order valence-corrected chi connectivity index (χ1v) is 4.35. The molecule has 1 heterocycles. The van der Waals surface area contributed by atoms with Gasteiger partial charge in [-0.05, 0) is 17.7 Å². The van der Waals surface area contributed by atoms with Gasteiger partial charge in [0.15, 0.2) is 17.7 Å². The summed E-state index contributed by atoms with van der Waals surface area (Å²) in [7, 11) is 1.37. The minimum Gasteiger partial charge on any atom is -0.494 e. The van der Waals surface area contributed by atoms with E-state index in [1.165, 1.54) is 19.2 Å². The van der Waals surface area contributed by atoms with Gasteiger partial charge in [0.05, 0.1) is 7.11 Å². The first-order chi connectivity index (χ1) is 7.13. The third-order valence-electron chi connectivity index (χ3n) is 2.24. The van der Waals surface area contributed by atoms with E-state index in [4.69, 9.17) is 14.6 Å².